The maximum Gasteiger partial charge on any atom is 0.226 e. The van der Waals surface area contributed by atoms with Gasteiger partial charge in [-0.1, -0.05) is 13.8 Å². The van der Waals surface area contributed by atoms with Crippen molar-refractivity contribution in [1.82, 2.24) is 4.90 Å². The highest BCUT2D eigenvalue weighted by Crippen LogP contribution is 2.51. The summed E-state index contributed by atoms with van der Waals surface area (Å²) in [5.41, 5.74) is 0. The standard InChI is InChI=1S/C13H21NO2/c1-8(2)9-3-4-14(5-9)13(15)12-10-6-16-7-11(10)12/h8-12H,3-7H2,1-2H3. The number of amides is 1. The molecular formula is C13H21NO2. The lowest BCUT2D eigenvalue weighted by molar-refractivity contribution is -0.133. The zero-order chi connectivity index (χ0) is 11.3. The van der Waals surface area contributed by atoms with Crippen LogP contribution in [0, 0.1) is 29.6 Å². The summed E-state index contributed by atoms with van der Waals surface area (Å²) in [5, 5.41) is 0. The summed E-state index contributed by atoms with van der Waals surface area (Å²) in [4.78, 5) is 14.4. The molecule has 2 heterocycles. The average Bonchev–Trinajstić information content (AvgIpc) is 2.74. The van der Waals surface area contributed by atoms with Crippen molar-refractivity contribution >= 4 is 5.91 Å². The Morgan fingerprint density at radius 3 is 2.56 bits per heavy atom. The molecule has 3 atom stereocenters. The number of rotatable bonds is 2. The summed E-state index contributed by atoms with van der Waals surface area (Å²) < 4.78 is 5.34. The van der Waals surface area contributed by atoms with E-state index in [1.165, 1.54) is 6.42 Å². The molecule has 3 aliphatic rings. The smallest absolute Gasteiger partial charge is 0.226 e. The van der Waals surface area contributed by atoms with E-state index in [2.05, 4.69) is 18.7 Å². The first-order valence-corrected chi connectivity index (χ1v) is 6.55. The number of hydrogen-bond acceptors (Lipinski definition) is 2. The first kappa shape index (κ1) is 10.6. The molecule has 0 N–H and O–H groups in total. The lowest BCUT2D eigenvalue weighted by atomic mass is 9.95. The zero-order valence-electron chi connectivity index (χ0n) is 10.2. The Morgan fingerprint density at radius 2 is 2.00 bits per heavy atom. The largest absolute Gasteiger partial charge is 0.381 e. The maximum atomic E-state index is 12.3. The van der Waals surface area contributed by atoms with Gasteiger partial charge in [0, 0.05) is 19.0 Å². The molecule has 0 aromatic heterocycles. The van der Waals surface area contributed by atoms with E-state index in [0.717, 1.165) is 32.2 Å². The van der Waals surface area contributed by atoms with Gasteiger partial charge < -0.3 is 9.64 Å². The molecule has 1 saturated carbocycles. The summed E-state index contributed by atoms with van der Waals surface area (Å²) in [6.45, 7) is 8.15. The van der Waals surface area contributed by atoms with Gasteiger partial charge >= 0.3 is 0 Å². The van der Waals surface area contributed by atoms with Crippen LogP contribution < -0.4 is 0 Å². The first-order chi connectivity index (χ1) is 7.68. The maximum absolute atomic E-state index is 12.3. The SMILES string of the molecule is CC(C)C1CCN(C(=O)C2C3COCC32)C1. The second-order valence-electron chi connectivity index (χ2n) is 5.97. The fourth-order valence-electron chi connectivity index (χ4n) is 3.35. The molecular weight excluding hydrogens is 202 g/mol. The Bertz CT molecular complexity index is 292. The van der Waals surface area contributed by atoms with Gasteiger partial charge in [0.05, 0.1) is 13.2 Å². The van der Waals surface area contributed by atoms with Gasteiger partial charge in [0.15, 0.2) is 0 Å². The van der Waals surface area contributed by atoms with Crippen molar-refractivity contribution < 1.29 is 9.53 Å². The van der Waals surface area contributed by atoms with Crippen LogP contribution in [0.3, 0.4) is 0 Å². The monoisotopic (exact) mass is 223 g/mol. The van der Waals surface area contributed by atoms with Crippen molar-refractivity contribution in [3.63, 3.8) is 0 Å². The third kappa shape index (κ3) is 1.56. The lowest BCUT2D eigenvalue weighted by Crippen LogP contribution is -2.32. The van der Waals surface area contributed by atoms with Crippen molar-refractivity contribution in [3.05, 3.63) is 0 Å². The van der Waals surface area contributed by atoms with Crippen LogP contribution in [0.1, 0.15) is 20.3 Å². The molecule has 0 aromatic carbocycles. The van der Waals surface area contributed by atoms with Crippen molar-refractivity contribution in [1.29, 1.82) is 0 Å². The molecule has 0 aromatic rings. The molecule has 3 rings (SSSR count). The molecule has 0 bridgehead atoms. The molecule has 2 saturated heterocycles. The predicted molar refractivity (Wildman–Crippen MR) is 60.8 cm³/mol. The fraction of sp³-hybridized carbons (Fsp3) is 0.923. The molecule has 3 nitrogen and oxygen atoms in total. The minimum atomic E-state index is 0.319. The number of carbonyl (C=O) groups excluding carboxylic acids is 1. The number of nitrogens with zero attached hydrogens (tertiary/aromatic N) is 1. The number of carbonyl (C=O) groups is 1. The quantitative estimate of drug-likeness (QED) is 0.708. The van der Waals surface area contributed by atoms with E-state index in [1.807, 2.05) is 0 Å². The van der Waals surface area contributed by atoms with E-state index in [1.54, 1.807) is 0 Å². The van der Waals surface area contributed by atoms with E-state index in [4.69, 9.17) is 4.74 Å². The molecule has 90 valence electrons. The molecule has 2 aliphatic heterocycles. The van der Waals surface area contributed by atoms with Gasteiger partial charge in [0.1, 0.15) is 0 Å². The third-order valence-corrected chi connectivity index (χ3v) is 4.72. The minimum Gasteiger partial charge on any atom is -0.381 e. The van der Waals surface area contributed by atoms with Crippen LogP contribution in [0.2, 0.25) is 0 Å². The Hall–Kier alpha value is -0.570. The van der Waals surface area contributed by atoms with Crippen molar-refractivity contribution in [2.45, 2.75) is 20.3 Å². The van der Waals surface area contributed by atoms with Crippen LogP contribution in [0.25, 0.3) is 0 Å². The number of likely N-dealkylation sites (tertiary alicyclic amines) is 1. The molecule has 3 fully saturated rings. The van der Waals surface area contributed by atoms with Gasteiger partial charge in [0.2, 0.25) is 5.91 Å². The summed E-state index contributed by atoms with van der Waals surface area (Å²) in [7, 11) is 0. The summed E-state index contributed by atoms with van der Waals surface area (Å²) in [6.07, 6.45) is 1.20. The molecule has 3 unspecified atom stereocenters. The Labute approximate surface area is 97.1 Å². The second-order valence-corrected chi connectivity index (χ2v) is 5.97. The fourth-order valence-corrected chi connectivity index (χ4v) is 3.35. The Balaban J connectivity index is 1.57. The normalized spacial score (nSPS) is 41.6. The van der Waals surface area contributed by atoms with Crippen molar-refractivity contribution in [2.75, 3.05) is 26.3 Å². The van der Waals surface area contributed by atoms with Gasteiger partial charge in [-0.2, -0.15) is 0 Å². The summed E-state index contributed by atoms with van der Waals surface area (Å²) >= 11 is 0. The number of ether oxygens (including phenoxy) is 1. The van der Waals surface area contributed by atoms with Crippen LogP contribution >= 0.6 is 0 Å². The van der Waals surface area contributed by atoms with Gasteiger partial charge in [-0.05, 0) is 30.1 Å². The predicted octanol–water partition coefficient (Wildman–Crippen LogP) is 1.38. The van der Waals surface area contributed by atoms with Crippen LogP contribution in [0.5, 0.6) is 0 Å². The highest BCUT2D eigenvalue weighted by atomic mass is 16.5. The van der Waals surface area contributed by atoms with Crippen LogP contribution in [-0.2, 0) is 9.53 Å². The van der Waals surface area contributed by atoms with Crippen LogP contribution in [0.15, 0.2) is 0 Å². The number of hydrogen-bond donors (Lipinski definition) is 0. The van der Waals surface area contributed by atoms with Gasteiger partial charge in [-0.15, -0.1) is 0 Å². The van der Waals surface area contributed by atoms with Gasteiger partial charge in [0.25, 0.3) is 0 Å². The van der Waals surface area contributed by atoms with E-state index in [0.29, 0.717) is 29.6 Å². The lowest BCUT2D eigenvalue weighted by Gasteiger charge is -2.19. The van der Waals surface area contributed by atoms with E-state index >= 15 is 0 Å². The molecule has 16 heavy (non-hydrogen) atoms. The van der Waals surface area contributed by atoms with Crippen LogP contribution in [-0.4, -0.2) is 37.1 Å². The molecule has 0 radical (unpaired) electrons. The zero-order valence-corrected chi connectivity index (χ0v) is 10.2. The summed E-state index contributed by atoms with van der Waals surface area (Å²) in [5.74, 6) is 3.29. The second kappa shape index (κ2) is 3.73. The third-order valence-electron chi connectivity index (χ3n) is 4.72. The minimum absolute atomic E-state index is 0.319. The first-order valence-electron chi connectivity index (χ1n) is 6.55. The van der Waals surface area contributed by atoms with Crippen LogP contribution in [0.4, 0.5) is 0 Å². The van der Waals surface area contributed by atoms with E-state index in [9.17, 15) is 4.79 Å². The topological polar surface area (TPSA) is 29.5 Å². The van der Waals surface area contributed by atoms with Crippen molar-refractivity contribution in [2.24, 2.45) is 29.6 Å². The molecule has 3 heteroatoms. The van der Waals surface area contributed by atoms with E-state index < -0.39 is 0 Å². The molecule has 1 amide bonds. The van der Waals surface area contributed by atoms with Gasteiger partial charge in [-0.25, -0.2) is 0 Å². The van der Waals surface area contributed by atoms with E-state index in [-0.39, 0.29) is 0 Å². The molecule has 1 aliphatic carbocycles. The molecule has 0 spiro atoms. The van der Waals surface area contributed by atoms with Crippen molar-refractivity contribution in [3.8, 4) is 0 Å². The average molecular weight is 223 g/mol. The summed E-state index contributed by atoms with van der Waals surface area (Å²) in [6, 6.07) is 0. The van der Waals surface area contributed by atoms with Gasteiger partial charge in [-0.3, -0.25) is 4.79 Å². The Morgan fingerprint density at radius 1 is 1.31 bits per heavy atom. The highest BCUT2D eigenvalue weighted by Gasteiger charge is 2.59. The number of fused-ring (bicyclic) bond motifs is 1. The highest BCUT2D eigenvalue weighted by molar-refractivity contribution is 5.82. The Kier molecular flexibility index (Phi) is 2.46.